The first-order valence-corrected chi connectivity index (χ1v) is 8.76. The SMILES string of the molecule is CCSC1CCC(NC(=O)C2(C(C)C)CCNC2)C1. The van der Waals surface area contributed by atoms with E-state index < -0.39 is 0 Å². The van der Waals surface area contributed by atoms with Crippen LogP contribution in [0.15, 0.2) is 0 Å². The fourth-order valence-corrected chi connectivity index (χ4v) is 4.59. The fraction of sp³-hybridized carbons (Fsp3) is 0.933. The third-order valence-electron chi connectivity index (χ3n) is 4.87. The van der Waals surface area contributed by atoms with Gasteiger partial charge < -0.3 is 10.6 Å². The minimum atomic E-state index is -0.171. The molecule has 3 unspecified atom stereocenters. The molecule has 1 saturated carbocycles. The van der Waals surface area contributed by atoms with Gasteiger partial charge in [0, 0.05) is 17.8 Å². The molecule has 0 spiro atoms. The molecule has 19 heavy (non-hydrogen) atoms. The van der Waals surface area contributed by atoms with Gasteiger partial charge in [-0.2, -0.15) is 11.8 Å². The summed E-state index contributed by atoms with van der Waals surface area (Å²) in [5.74, 6) is 1.88. The van der Waals surface area contributed by atoms with Gasteiger partial charge in [0.15, 0.2) is 0 Å². The number of hydrogen-bond acceptors (Lipinski definition) is 3. The van der Waals surface area contributed by atoms with Crippen LogP contribution in [0, 0.1) is 11.3 Å². The van der Waals surface area contributed by atoms with Crippen LogP contribution in [0.4, 0.5) is 0 Å². The second-order valence-corrected chi connectivity index (χ2v) is 7.88. The van der Waals surface area contributed by atoms with Crippen molar-refractivity contribution in [2.75, 3.05) is 18.8 Å². The first kappa shape index (κ1) is 15.2. The third kappa shape index (κ3) is 3.27. The Morgan fingerprint density at radius 2 is 2.26 bits per heavy atom. The molecule has 0 bridgehead atoms. The lowest BCUT2D eigenvalue weighted by molar-refractivity contribution is -0.133. The standard InChI is InChI=1S/C15H28N2OS/c1-4-19-13-6-5-12(9-13)17-14(18)15(11(2)3)7-8-16-10-15/h11-13,16H,4-10H2,1-3H3,(H,17,18). The normalized spacial score (nSPS) is 34.9. The number of nitrogens with one attached hydrogen (secondary N) is 2. The van der Waals surface area contributed by atoms with Crippen molar-refractivity contribution in [1.82, 2.24) is 10.6 Å². The van der Waals surface area contributed by atoms with E-state index in [4.69, 9.17) is 0 Å². The summed E-state index contributed by atoms with van der Waals surface area (Å²) in [6.07, 6.45) is 4.56. The molecule has 2 N–H and O–H groups in total. The van der Waals surface area contributed by atoms with Gasteiger partial charge in [-0.25, -0.2) is 0 Å². The van der Waals surface area contributed by atoms with Gasteiger partial charge in [0.25, 0.3) is 0 Å². The molecule has 0 radical (unpaired) electrons. The van der Waals surface area contributed by atoms with E-state index in [1.807, 2.05) is 11.8 Å². The Bertz CT molecular complexity index is 313. The largest absolute Gasteiger partial charge is 0.353 e. The molecule has 2 fully saturated rings. The summed E-state index contributed by atoms with van der Waals surface area (Å²) in [4.78, 5) is 12.7. The quantitative estimate of drug-likeness (QED) is 0.814. The van der Waals surface area contributed by atoms with Crippen molar-refractivity contribution in [2.45, 2.75) is 57.7 Å². The number of carbonyl (C=O) groups is 1. The van der Waals surface area contributed by atoms with Crippen molar-refractivity contribution in [2.24, 2.45) is 11.3 Å². The maximum atomic E-state index is 12.7. The first-order chi connectivity index (χ1) is 9.08. The fourth-order valence-electron chi connectivity index (χ4n) is 3.45. The van der Waals surface area contributed by atoms with Crippen molar-refractivity contribution < 1.29 is 4.79 Å². The molecule has 0 aromatic rings. The summed E-state index contributed by atoms with van der Waals surface area (Å²) in [6, 6.07) is 0.410. The van der Waals surface area contributed by atoms with Gasteiger partial charge in [0.1, 0.15) is 0 Å². The molecule has 1 aliphatic carbocycles. The Kier molecular flexibility index (Phi) is 5.18. The Hall–Kier alpha value is -0.220. The second kappa shape index (κ2) is 6.49. The zero-order valence-electron chi connectivity index (χ0n) is 12.5. The van der Waals surface area contributed by atoms with Crippen LogP contribution in [0.5, 0.6) is 0 Å². The molecule has 3 atom stereocenters. The van der Waals surface area contributed by atoms with E-state index >= 15 is 0 Å². The summed E-state index contributed by atoms with van der Waals surface area (Å²) in [7, 11) is 0. The van der Waals surface area contributed by atoms with Crippen LogP contribution in [0.2, 0.25) is 0 Å². The average Bonchev–Trinajstić information content (AvgIpc) is 2.99. The lowest BCUT2D eigenvalue weighted by atomic mass is 9.75. The Labute approximate surface area is 121 Å². The van der Waals surface area contributed by atoms with Crippen LogP contribution in [-0.2, 0) is 4.79 Å². The summed E-state index contributed by atoms with van der Waals surface area (Å²) < 4.78 is 0. The monoisotopic (exact) mass is 284 g/mol. The molecule has 2 aliphatic rings. The molecule has 1 heterocycles. The smallest absolute Gasteiger partial charge is 0.228 e. The minimum absolute atomic E-state index is 0.171. The summed E-state index contributed by atoms with van der Waals surface area (Å²) >= 11 is 2.04. The Balaban J connectivity index is 1.90. The minimum Gasteiger partial charge on any atom is -0.353 e. The predicted octanol–water partition coefficient (Wildman–Crippen LogP) is 2.41. The maximum absolute atomic E-state index is 12.7. The molecule has 4 heteroatoms. The molecular weight excluding hydrogens is 256 g/mol. The van der Waals surface area contributed by atoms with Crippen LogP contribution in [-0.4, -0.2) is 36.0 Å². The molecule has 0 aromatic heterocycles. The highest BCUT2D eigenvalue weighted by Crippen LogP contribution is 2.36. The van der Waals surface area contributed by atoms with Gasteiger partial charge in [-0.3, -0.25) is 4.79 Å². The number of rotatable bonds is 5. The molecule has 3 nitrogen and oxygen atoms in total. The van der Waals surface area contributed by atoms with Crippen LogP contribution >= 0.6 is 11.8 Å². The first-order valence-electron chi connectivity index (χ1n) is 7.71. The summed E-state index contributed by atoms with van der Waals surface area (Å²) in [6.45, 7) is 8.39. The van der Waals surface area contributed by atoms with Crippen LogP contribution in [0.3, 0.4) is 0 Å². The third-order valence-corrected chi connectivity index (χ3v) is 6.10. The molecule has 0 aromatic carbocycles. The van der Waals surface area contributed by atoms with E-state index in [9.17, 15) is 4.79 Å². The van der Waals surface area contributed by atoms with Gasteiger partial charge >= 0.3 is 0 Å². The van der Waals surface area contributed by atoms with Gasteiger partial charge in [-0.15, -0.1) is 0 Å². The second-order valence-electron chi connectivity index (χ2n) is 6.30. The van der Waals surface area contributed by atoms with E-state index in [1.54, 1.807) is 0 Å². The van der Waals surface area contributed by atoms with E-state index in [2.05, 4.69) is 31.4 Å². The molecular formula is C15H28N2OS. The van der Waals surface area contributed by atoms with E-state index in [1.165, 1.54) is 12.2 Å². The molecule has 1 saturated heterocycles. The van der Waals surface area contributed by atoms with Gasteiger partial charge in [0.2, 0.25) is 5.91 Å². The predicted molar refractivity (Wildman–Crippen MR) is 82.5 cm³/mol. The highest BCUT2D eigenvalue weighted by Gasteiger charge is 2.44. The van der Waals surface area contributed by atoms with E-state index in [0.717, 1.165) is 37.6 Å². The lowest BCUT2D eigenvalue weighted by Crippen LogP contribution is -2.49. The Morgan fingerprint density at radius 3 is 2.84 bits per heavy atom. The number of hydrogen-bond donors (Lipinski definition) is 2. The molecule has 1 amide bonds. The number of thioether (sulfide) groups is 1. The average molecular weight is 284 g/mol. The van der Waals surface area contributed by atoms with Crippen molar-refractivity contribution in [1.29, 1.82) is 0 Å². The molecule has 1 aliphatic heterocycles. The van der Waals surface area contributed by atoms with Crippen LogP contribution in [0.25, 0.3) is 0 Å². The van der Waals surface area contributed by atoms with Gasteiger partial charge in [-0.1, -0.05) is 20.8 Å². The molecule has 2 rings (SSSR count). The summed E-state index contributed by atoms with van der Waals surface area (Å²) in [5.41, 5.74) is -0.171. The zero-order chi connectivity index (χ0) is 13.9. The van der Waals surface area contributed by atoms with E-state index in [0.29, 0.717) is 17.9 Å². The van der Waals surface area contributed by atoms with Crippen molar-refractivity contribution >= 4 is 17.7 Å². The van der Waals surface area contributed by atoms with Crippen LogP contribution in [0.1, 0.15) is 46.5 Å². The number of carbonyl (C=O) groups excluding carboxylic acids is 1. The van der Waals surface area contributed by atoms with Crippen molar-refractivity contribution in [3.05, 3.63) is 0 Å². The molecule has 110 valence electrons. The zero-order valence-corrected chi connectivity index (χ0v) is 13.3. The van der Waals surface area contributed by atoms with Crippen LogP contribution < -0.4 is 10.6 Å². The van der Waals surface area contributed by atoms with Crippen molar-refractivity contribution in [3.8, 4) is 0 Å². The highest BCUT2D eigenvalue weighted by atomic mass is 32.2. The van der Waals surface area contributed by atoms with Crippen molar-refractivity contribution in [3.63, 3.8) is 0 Å². The van der Waals surface area contributed by atoms with Gasteiger partial charge in [0.05, 0.1) is 5.41 Å². The topological polar surface area (TPSA) is 41.1 Å². The number of amides is 1. The van der Waals surface area contributed by atoms with E-state index in [-0.39, 0.29) is 5.41 Å². The van der Waals surface area contributed by atoms with Gasteiger partial charge in [-0.05, 0) is 43.9 Å². The summed E-state index contributed by atoms with van der Waals surface area (Å²) in [5, 5.41) is 7.46. The maximum Gasteiger partial charge on any atom is 0.228 e. The lowest BCUT2D eigenvalue weighted by Gasteiger charge is -2.32. The Morgan fingerprint density at radius 1 is 1.47 bits per heavy atom. The highest BCUT2D eigenvalue weighted by molar-refractivity contribution is 7.99.